The fourth-order valence-electron chi connectivity index (χ4n) is 3.68. The number of thiophene rings is 1. The zero-order chi connectivity index (χ0) is 25.1. The van der Waals surface area contributed by atoms with Crippen molar-refractivity contribution >= 4 is 38.6 Å². The first-order chi connectivity index (χ1) is 15.6. The number of sulfone groups is 1. The summed E-state index contributed by atoms with van der Waals surface area (Å²) in [5.41, 5.74) is 4.60. The van der Waals surface area contributed by atoms with Crippen LogP contribution in [0.25, 0.3) is 22.2 Å². The van der Waals surface area contributed by atoms with Crippen molar-refractivity contribution < 1.29 is 30.4 Å². The number of hydrogen-bond donors (Lipinski definition) is 1. The average Bonchev–Trinajstić information content (AvgIpc) is 3.33. The van der Waals surface area contributed by atoms with Gasteiger partial charge in [0.1, 0.15) is 21.9 Å². The van der Waals surface area contributed by atoms with E-state index in [9.17, 15) is 26.0 Å². The molecule has 3 heterocycles. The summed E-state index contributed by atoms with van der Waals surface area (Å²) < 4.78 is 83.1. The van der Waals surface area contributed by atoms with Gasteiger partial charge in [-0.05, 0) is 44.2 Å². The molecule has 14 heteroatoms. The highest BCUT2D eigenvalue weighted by Crippen LogP contribution is 2.45. The van der Waals surface area contributed by atoms with E-state index in [0.717, 1.165) is 24.3 Å². The molecule has 1 aromatic carbocycles. The van der Waals surface area contributed by atoms with Crippen LogP contribution in [-0.4, -0.2) is 41.1 Å². The number of amidine groups is 1. The predicted molar refractivity (Wildman–Crippen MR) is 120 cm³/mol. The summed E-state index contributed by atoms with van der Waals surface area (Å²) in [5.74, 6) is -2.28. The van der Waals surface area contributed by atoms with Crippen LogP contribution in [0.3, 0.4) is 0 Å². The highest BCUT2D eigenvalue weighted by atomic mass is 35.5. The number of halogens is 5. The summed E-state index contributed by atoms with van der Waals surface area (Å²) in [4.78, 5) is 4.11. The molecular weight excluding hydrogens is 520 g/mol. The topological polar surface area (TPSA) is 111 Å². The van der Waals surface area contributed by atoms with Crippen LogP contribution in [0.4, 0.5) is 17.6 Å². The monoisotopic (exact) mass is 536 g/mol. The van der Waals surface area contributed by atoms with Crippen LogP contribution in [0.2, 0.25) is 5.02 Å². The second kappa shape index (κ2) is 8.02. The lowest BCUT2D eigenvalue weighted by atomic mass is 9.99. The third-order valence-electron chi connectivity index (χ3n) is 5.51. The van der Waals surface area contributed by atoms with Gasteiger partial charge in [-0.15, -0.1) is 21.5 Å². The number of nitrogens with zero attached hydrogens (tertiary/aromatic N) is 3. The molecule has 0 fully saturated rings. The van der Waals surface area contributed by atoms with E-state index in [0.29, 0.717) is 10.6 Å². The minimum Gasteiger partial charge on any atom is -0.415 e. The summed E-state index contributed by atoms with van der Waals surface area (Å²) in [6.07, 6.45) is -6.49. The first-order valence-electron chi connectivity index (χ1n) is 9.68. The molecule has 0 aliphatic carbocycles. The normalized spacial score (nSPS) is 24.7. The van der Waals surface area contributed by atoms with E-state index in [1.165, 1.54) is 6.92 Å². The van der Waals surface area contributed by atoms with E-state index in [4.69, 9.17) is 21.8 Å². The van der Waals surface area contributed by atoms with E-state index in [1.807, 2.05) is 0 Å². The van der Waals surface area contributed by atoms with Crippen LogP contribution in [0.1, 0.15) is 25.1 Å². The molecule has 4 rings (SSSR count). The van der Waals surface area contributed by atoms with Gasteiger partial charge in [0.25, 0.3) is 5.89 Å². The molecule has 0 radical (unpaired) electrons. The van der Waals surface area contributed by atoms with Gasteiger partial charge in [-0.25, -0.2) is 12.8 Å². The van der Waals surface area contributed by atoms with Gasteiger partial charge in [0.05, 0.1) is 21.9 Å². The molecule has 1 aliphatic heterocycles. The number of aliphatic imine (C=N–C) groups is 1. The second-order valence-corrected chi connectivity index (χ2v) is 12.2. The Hall–Kier alpha value is -2.51. The highest BCUT2D eigenvalue weighted by Gasteiger charge is 2.57. The van der Waals surface area contributed by atoms with Crippen LogP contribution < -0.4 is 5.73 Å². The lowest BCUT2D eigenvalue weighted by Crippen LogP contribution is -2.58. The lowest BCUT2D eigenvalue weighted by Gasteiger charge is -2.39. The molecule has 0 amide bonds. The third kappa shape index (κ3) is 4.31. The van der Waals surface area contributed by atoms with Gasteiger partial charge >= 0.3 is 6.18 Å². The first-order valence-corrected chi connectivity index (χ1v) is 12.5. The number of aromatic nitrogens is 2. The molecule has 0 spiro atoms. The van der Waals surface area contributed by atoms with Crippen LogP contribution in [0.15, 0.2) is 39.7 Å². The molecule has 0 saturated carbocycles. The van der Waals surface area contributed by atoms with Crippen molar-refractivity contribution in [2.75, 3.05) is 5.75 Å². The van der Waals surface area contributed by atoms with Crippen molar-refractivity contribution in [2.24, 2.45) is 10.7 Å². The number of nitrogens with two attached hydrogens (primary N) is 1. The van der Waals surface area contributed by atoms with Gasteiger partial charge in [-0.2, -0.15) is 13.2 Å². The fraction of sp³-hybridized carbons (Fsp3) is 0.350. The summed E-state index contributed by atoms with van der Waals surface area (Å²) >= 11 is 6.67. The molecule has 2 aromatic heterocycles. The Balaban J connectivity index is 1.71. The number of benzene rings is 1. The predicted octanol–water partition coefficient (Wildman–Crippen LogP) is 4.97. The highest BCUT2D eigenvalue weighted by molar-refractivity contribution is 7.93. The SMILES string of the molecule is CC1(c2sc(-c3nnc(-c4ccc(Cl)cc4)o3)cc2F)CS(=O)(=O)C(C)(CC(F)(F)F)C(N)=N1. The van der Waals surface area contributed by atoms with E-state index in [2.05, 4.69) is 15.2 Å². The van der Waals surface area contributed by atoms with Crippen molar-refractivity contribution in [1.29, 1.82) is 0 Å². The molecule has 2 unspecified atom stereocenters. The van der Waals surface area contributed by atoms with Gasteiger partial charge in [0, 0.05) is 10.6 Å². The van der Waals surface area contributed by atoms with Gasteiger partial charge in [-0.1, -0.05) is 11.6 Å². The number of rotatable bonds is 4. The molecule has 0 bridgehead atoms. The van der Waals surface area contributed by atoms with Crippen LogP contribution in [-0.2, 0) is 15.4 Å². The van der Waals surface area contributed by atoms with Gasteiger partial charge in [0.2, 0.25) is 5.89 Å². The molecule has 3 aromatic rings. The first kappa shape index (κ1) is 24.6. The van der Waals surface area contributed by atoms with Gasteiger partial charge < -0.3 is 10.2 Å². The Labute approximate surface area is 200 Å². The fourth-order valence-corrected chi connectivity index (χ4v) is 6.96. The van der Waals surface area contributed by atoms with Crippen LogP contribution >= 0.6 is 22.9 Å². The minimum absolute atomic E-state index is 0.0266. The third-order valence-corrected chi connectivity index (χ3v) is 9.78. The van der Waals surface area contributed by atoms with Gasteiger partial charge in [-0.3, -0.25) is 4.99 Å². The average molecular weight is 537 g/mol. The zero-order valence-electron chi connectivity index (χ0n) is 17.7. The van der Waals surface area contributed by atoms with E-state index < -0.39 is 50.1 Å². The van der Waals surface area contributed by atoms with E-state index >= 15 is 0 Å². The maximum atomic E-state index is 15.0. The molecule has 2 atom stereocenters. The standard InChI is InChI=1S/C20H17ClF4N4O3S2/c1-18(9-34(30,31)19(2,17(26)27-18)8-20(23,24)25)14-12(22)7-13(33-14)16-29-28-15(32-16)10-3-5-11(21)6-4-10/h3-7H,8-9H2,1-2H3,(H2,26,27). The van der Waals surface area contributed by atoms with E-state index in [1.54, 1.807) is 24.3 Å². The van der Waals surface area contributed by atoms with Crippen LogP contribution in [0, 0.1) is 5.82 Å². The van der Waals surface area contributed by atoms with E-state index in [-0.39, 0.29) is 21.5 Å². The van der Waals surface area contributed by atoms with Crippen molar-refractivity contribution in [3.63, 3.8) is 0 Å². The maximum Gasteiger partial charge on any atom is 0.391 e. The number of hydrogen-bond acceptors (Lipinski definition) is 8. The molecule has 7 nitrogen and oxygen atoms in total. The largest absolute Gasteiger partial charge is 0.415 e. The Morgan fingerprint density at radius 3 is 2.38 bits per heavy atom. The van der Waals surface area contributed by atoms with Crippen molar-refractivity contribution in [1.82, 2.24) is 10.2 Å². The summed E-state index contributed by atoms with van der Waals surface area (Å²) in [5, 5.41) is 8.34. The molecule has 34 heavy (non-hydrogen) atoms. The second-order valence-electron chi connectivity index (χ2n) is 8.26. The van der Waals surface area contributed by atoms with Crippen LogP contribution in [0.5, 0.6) is 0 Å². The Morgan fingerprint density at radius 1 is 1.18 bits per heavy atom. The quantitative estimate of drug-likeness (QED) is 0.471. The Morgan fingerprint density at radius 2 is 1.79 bits per heavy atom. The van der Waals surface area contributed by atoms with Gasteiger partial charge in [0.15, 0.2) is 9.84 Å². The molecule has 1 aliphatic rings. The lowest BCUT2D eigenvalue weighted by molar-refractivity contribution is -0.137. The smallest absolute Gasteiger partial charge is 0.391 e. The molecular formula is C20H17ClF4N4O3S2. The minimum atomic E-state index is -4.79. The van der Waals surface area contributed by atoms with Crippen molar-refractivity contribution in [3.05, 3.63) is 46.0 Å². The zero-order valence-corrected chi connectivity index (χ0v) is 20.0. The number of alkyl halides is 3. The van der Waals surface area contributed by atoms with Crippen molar-refractivity contribution in [2.45, 2.75) is 36.7 Å². The maximum absolute atomic E-state index is 15.0. The Bertz CT molecular complexity index is 1390. The summed E-state index contributed by atoms with van der Waals surface area (Å²) in [6.45, 7) is 2.18. The molecule has 182 valence electrons. The molecule has 0 saturated heterocycles. The Kier molecular flexibility index (Phi) is 5.81. The van der Waals surface area contributed by atoms with Crippen molar-refractivity contribution in [3.8, 4) is 22.2 Å². The molecule has 2 N–H and O–H groups in total. The summed E-state index contributed by atoms with van der Waals surface area (Å²) in [7, 11) is -4.47. The summed E-state index contributed by atoms with van der Waals surface area (Å²) in [6, 6.07) is 7.64.